The largest absolute Gasteiger partial charge is 0.348 e. The maximum atomic E-state index is 12.7. The Morgan fingerprint density at radius 1 is 1.29 bits per heavy atom. The molecule has 0 radical (unpaired) electrons. The van der Waals surface area contributed by atoms with Crippen LogP contribution in [0.2, 0.25) is 0 Å². The van der Waals surface area contributed by atoms with Crippen LogP contribution >= 0.6 is 11.3 Å². The second-order valence-electron chi connectivity index (χ2n) is 6.27. The molecule has 1 saturated heterocycles. The van der Waals surface area contributed by atoms with E-state index in [9.17, 15) is 9.59 Å². The lowest BCUT2D eigenvalue weighted by atomic mass is 9.94. The Morgan fingerprint density at radius 2 is 2.08 bits per heavy atom. The average molecular weight is 342 g/mol. The molecule has 1 aliphatic rings. The van der Waals surface area contributed by atoms with Gasteiger partial charge in [-0.25, -0.2) is 0 Å². The molecule has 4 nitrogen and oxygen atoms in total. The third kappa shape index (κ3) is 4.03. The van der Waals surface area contributed by atoms with Crippen molar-refractivity contribution in [2.45, 2.75) is 25.3 Å². The van der Waals surface area contributed by atoms with Crippen LogP contribution in [0.15, 0.2) is 47.8 Å². The molecule has 3 rings (SSSR count). The zero-order valence-electron chi connectivity index (χ0n) is 13.8. The van der Waals surface area contributed by atoms with Crippen LogP contribution in [0, 0.1) is 5.92 Å². The normalized spacial score (nSPS) is 19.1. The lowest BCUT2D eigenvalue weighted by Gasteiger charge is -2.29. The van der Waals surface area contributed by atoms with Crippen molar-refractivity contribution in [1.82, 2.24) is 10.2 Å². The molecule has 1 N–H and O–H groups in total. The Bertz CT molecular complexity index is 685. The van der Waals surface area contributed by atoms with E-state index in [0.29, 0.717) is 13.0 Å². The lowest BCUT2D eigenvalue weighted by molar-refractivity contribution is -0.139. The number of likely N-dealkylation sites (tertiary alicyclic amines) is 1. The second kappa shape index (κ2) is 7.62. The van der Waals surface area contributed by atoms with Gasteiger partial charge >= 0.3 is 0 Å². The van der Waals surface area contributed by atoms with Gasteiger partial charge in [-0.2, -0.15) is 0 Å². The van der Waals surface area contributed by atoms with E-state index < -0.39 is 0 Å². The summed E-state index contributed by atoms with van der Waals surface area (Å²) >= 11 is 1.65. The van der Waals surface area contributed by atoms with Crippen LogP contribution in [0.4, 0.5) is 0 Å². The van der Waals surface area contributed by atoms with Crippen molar-refractivity contribution in [3.05, 3.63) is 58.3 Å². The highest BCUT2D eigenvalue weighted by atomic mass is 32.1. The molecule has 1 aromatic heterocycles. The number of amides is 2. The zero-order valence-corrected chi connectivity index (χ0v) is 14.6. The number of hydrogen-bond acceptors (Lipinski definition) is 3. The monoisotopic (exact) mass is 342 g/mol. The van der Waals surface area contributed by atoms with Crippen LogP contribution in [-0.4, -0.2) is 30.3 Å². The summed E-state index contributed by atoms with van der Waals surface area (Å²) in [4.78, 5) is 27.4. The van der Waals surface area contributed by atoms with Gasteiger partial charge in [-0.3, -0.25) is 9.59 Å². The smallest absolute Gasteiger partial charge is 0.224 e. The van der Waals surface area contributed by atoms with Gasteiger partial charge in [0, 0.05) is 30.8 Å². The van der Waals surface area contributed by atoms with Gasteiger partial charge in [-0.15, -0.1) is 11.3 Å². The number of rotatable bonds is 5. The molecule has 126 valence electrons. The molecule has 0 aliphatic carbocycles. The SMILES string of the molecule is CN1CC[C@@H](C(=O)N[C@H](Cc2ccccc2)c2cccs2)CC1=O. The summed E-state index contributed by atoms with van der Waals surface area (Å²) in [7, 11) is 1.79. The summed E-state index contributed by atoms with van der Waals surface area (Å²) in [5.74, 6) is -0.171. The molecule has 0 saturated carbocycles. The number of carbonyl (C=O) groups is 2. The zero-order chi connectivity index (χ0) is 16.9. The molecular formula is C19H22N2O2S. The molecule has 0 unspecified atom stereocenters. The van der Waals surface area contributed by atoms with Gasteiger partial charge in [-0.05, 0) is 29.9 Å². The van der Waals surface area contributed by atoms with Crippen molar-refractivity contribution in [2.75, 3.05) is 13.6 Å². The summed E-state index contributed by atoms with van der Waals surface area (Å²) in [6.07, 6.45) is 1.80. The van der Waals surface area contributed by atoms with Gasteiger partial charge in [0.05, 0.1) is 6.04 Å². The van der Waals surface area contributed by atoms with Gasteiger partial charge in [0.15, 0.2) is 0 Å². The fourth-order valence-electron chi connectivity index (χ4n) is 3.02. The first-order valence-electron chi connectivity index (χ1n) is 8.25. The van der Waals surface area contributed by atoms with Crippen molar-refractivity contribution < 1.29 is 9.59 Å². The minimum atomic E-state index is -0.216. The van der Waals surface area contributed by atoms with E-state index in [4.69, 9.17) is 0 Å². The molecule has 5 heteroatoms. The van der Waals surface area contributed by atoms with Crippen molar-refractivity contribution in [3.63, 3.8) is 0 Å². The standard InChI is InChI=1S/C19H22N2O2S/c1-21-10-9-15(13-18(21)22)19(23)20-16(17-8-5-11-24-17)12-14-6-3-2-4-7-14/h2-8,11,15-16H,9-10,12-13H2,1H3,(H,20,23)/t15-,16-/m1/s1. The summed E-state index contributed by atoms with van der Waals surface area (Å²) in [6.45, 7) is 0.652. The molecular weight excluding hydrogens is 320 g/mol. The quantitative estimate of drug-likeness (QED) is 0.908. The highest BCUT2D eigenvalue weighted by Crippen LogP contribution is 2.25. The van der Waals surface area contributed by atoms with E-state index in [-0.39, 0.29) is 23.8 Å². The van der Waals surface area contributed by atoms with Crippen LogP contribution in [-0.2, 0) is 16.0 Å². The van der Waals surface area contributed by atoms with E-state index in [1.807, 2.05) is 29.6 Å². The summed E-state index contributed by atoms with van der Waals surface area (Å²) in [5, 5.41) is 5.20. The van der Waals surface area contributed by atoms with Gasteiger partial charge in [0.2, 0.25) is 11.8 Å². The Kier molecular flexibility index (Phi) is 5.30. The Hall–Kier alpha value is -2.14. The van der Waals surface area contributed by atoms with Gasteiger partial charge < -0.3 is 10.2 Å². The third-order valence-corrected chi connectivity index (χ3v) is 5.50. The number of thiophene rings is 1. The first kappa shape index (κ1) is 16.7. The molecule has 1 aliphatic heterocycles. The maximum absolute atomic E-state index is 12.7. The molecule has 1 fully saturated rings. The van der Waals surface area contributed by atoms with Crippen LogP contribution in [0.25, 0.3) is 0 Å². The molecule has 24 heavy (non-hydrogen) atoms. The number of benzene rings is 1. The number of nitrogens with zero attached hydrogens (tertiary/aromatic N) is 1. The molecule has 2 aromatic rings. The Balaban J connectivity index is 1.70. The Morgan fingerprint density at radius 3 is 2.75 bits per heavy atom. The first-order chi connectivity index (χ1) is 11.6. The Labute approximate surface area is 146 Å². The average Bonchev–Trinajstić information content (AvgIpc) is 3.12. The van der Waals surface area contributed by atoms with Crippen molar-refractivity contribution in [1.29, 1.82) is 0 Å². The number of piperidine rings is 1. The van der Waals surface area contributed by atoms with Gasteiger partial charge in [0.1, 0.15) is 0 Å². The van der Waals surface area contributed by atoms with Gasteiger partial charge in [-0.1, -0.05) is 36.4 Å². The highest BCUT2D eigenvalue weighted by molar-refractivity contribution is 7.10. The van der Waals surface area contributed by atoms with E-state index in [1.165, 1.54) is 5.56 Å². The summed E-state index contributed by atoms with van der Waals surface area (Å²) in [5.41, 5.74) is 1.19. The highest BCUT2D eigenvalue weighted by Gasteiger charge is 2.30. The first-order valence-corrected chi connectivity index (χ1v) is 9.13. The second-order valence-corrected chi connectivity index (χ2v) is 7.25. The maximum Gasteiger partial charge on any atom is 0.224 e. The number of hydrogen-bond donors (Lipinski definition) is 1. The topological polar surface area (TPSA) is 49.4 Å². The fourth-order valence-corrected chi connectivity index (χ4v) is 3.80. The molecule has 2 amide bonds. The fraction of sp³-hybridized carbons (Fsp3) is 0.368. The molecule has 0 bridgehead atoms. The minimum absolute atomic E-state index is 0.00854. The molecule has 1 aromatic carbocycles. The van der Waals surface area contributed by atoms with E-state index in [0.717, 1.165) is 17.7 Å². The van der Waals surface area contributed by atoms with Crippen LogP contribution < -0.4 is 5.32 Å². The van der Waals surface area contributed by atoms with E-state index in [1.54, 1.807) is 23.3 Å². The molecule has 0 spiro atoms. The number of nitrogens with one attached hydrogen (secondary N) is 1. The predicted octanol–water partition coefficient (Wildman–Crippen LogP) is 3.02. The molecule has 2 atom stereocenters. The molecule has 2 heterocycles. The van der Waals surface area contributed by atoms with Crippen LogP contribution in [0.5, 0.6) is 0 Å². The van der Waals surface area contributed by atoms with Gasteiger partial charge in [0.25, 0.3) is 0 Å². The third-order valence-electron chi connectivity index (χ3n) is 4.52. The summed E-state index contributed by atoms with van der Waals surface area (Å²) < 4.78 is 0. The lowest BCUT2D eigenvalue weighted by Crippen LogP contribution is -2.43. The minimum Gasteiger partial charge on any atom is -0.348 e. The number of carbonyl (C=O) groups excluding carboxylic acids is 2. The van der Waals surface area contributed by atoms with Crippen molar-refractivity contribution >= 4 is 23.2 Å². The van der Waals surface area contributed by atoms with Crippen molar-refractivity contribution in [3.8, 4) is 0 Å². The van der Waals surface area contributed by atoms with Crippen LogP contribution in [0.1, 0.15) is 29.3 Å². The van der Waals surface area contributed by atoms with Crippen LogP contribution in [0.3, 0.4) is 0 Å². The van der Waals surface area contributed by atoms with Crippen molar-refractivity contribution in [2.24, 2.45) is 5.92 Å². The summed E-state index contributed by atoms with van der Waals surface area (Å²) in [6, 6.07) is 14.2. The van der Waals surface area contributed by atoms with E-state index >= 15 is 0 Å². The van der Waals surface area contributed by atoms with E-state index in [2.05, 4.69) is 23.5 Å². The predicted molar refractivity (Wildman–Crippen MR) is 95.7 cm³/mol.